The number of nitrogens with zero attached hydrogens (tertiary/aromatic N) is 3. The fraction of sp³-hybridized carbons (Fsp3) is 0.471. The van der Waals surface area contributed by atoms with Gasteiger partial charge in [0.2, 0.25) is 15.2 Å². The first-order valence-corrected chi connectivity index (χ1v) is 12.2. The minimum absolute atomic E-state index is 0.145. The minimum atomic E-state index is -3.33. The average Bonchev–Trinajstić information content (AvgIpc) is 3.07. The summed E-state index contributed by atoms with van der Waals surface area (Å²) < 4.78 is 27.0. The number of thioether (sulfide) groups is 1. The third-order valence-electron chi connectivity index (χ3n) is 4.15. The summed E-state index contributed by atoms with van der Waals surface area (Å²) in [5.74, 6) is 0.772. The number of sulfonamides is 1. The van der Waals surface area contributed by atoms with Crippen molar-refractivity contribution in [3.8, 4) is 0 Å². The quantitative estimate of drug-likeness (QED) is 0.561. The molecule has 0 aliphatic carbocycles. The number of hydrogen-bond donors (Lipinski definition) is 1. The highest BCUT2D eigenvalue weighted by Crippen LogP contribution is 2.29. The van der Waals surface area contributed by atoms with Crippen molar-refractivity contribution in [3.63, 3.8) is 0 Å². The van der Waals surface area contributed by atoms with Gasteiger partial charge in [0.25, 0.3) is 5.91 Å². The molecule has 2 heterocycles. The molecule has 1 aromatic heterocycles. The Balaban J connectivity index is 1.79. The zero-order valence-electron chi connectivity index (χ0n) is 15.3. The van der Waals surface area contributed by atoms with Gasteiger partial charge in [0.1, 0.15) is 0 Å². The normalized spacial score (nSPS) is 16.3. The van der Waals surface area contributed by atoms with Crippen molar-refractivity contribution < 1.29 is 13.2 Å². The first-order valence-electron chi connectivity index (χ1n) is 8.79. The van der Waals surface area contributed by atoms with Crippen LogP contribution in [0.5, 0.6) is 0 Å². The van der Waals surface area contributed by atoms with Gasteiger partial charge in [-0.3, -0.25) is 14.4 Å². The highest BCUT2D eigenvalue weighted by atomic mass is 32.2. The predicted molar refractivity (Wildman–Crippen MR) is 110 cm³/mol. The van der Waals surface area contributed by atoms with E-state index in [1.165, 1.54) is 15.6 Å². The van der Waals surface area contributed by atoms with Gasteiger partial charge in [-0.25, -0.2) is 8.42 Å². The molecule has 0 saturated carbocycles. The van der Waals surface area contributed by atoms with E-state index in [1.54, 1.807) is 30.0 Å². The maximum absolute atomic E-state index is 12.6. The Hall–Kier alpha value is -1.65. The van der Waals surface area contributed by atoms with Gasteiger partial charge in [-0.1, -0.05) is 36.1 Å². The van der Waals surface area contributed by atoms with E-state index in [4.69, 9.17) is 0 Å². The molecule has 1 saturated heterocycles. The number of rotatable bonds is 6. The van der Waals surface area contributed by atoms with E-state index in [0.717, 1.165) is 28.5 Å². The van der Waals surface area contributed by atoms with Crippen LogP contribution in [0, 0.1) is 6.92 Å². The van der Waals surface area contributed by atoms with Crippen LogP contribution in [0.2, 0.25) is 0 Å². The number of anilines is 2. The minimum Gasteiger partial charge on any atom is -0.296 e. The summed E-state index contributed by atoms with van der Waals surface area (Å²) in [6.07, 6.45) is 2.53. The van der Waals surface area contributed by atoms with Crippen molar-refractivity contribution in [3.05, 3.63) is 29.3 Å². The Bertz CT molecular complexity index is 927. The molecular weight excluding hydrogens is 404 g/mol. The van der Waals surface area contributed by atoms with Crippen LogP contribution in [0.3, 0.4) is 0 Å². The van der Waals surface area contributed by atoms with Gasteiger partial charge in [-0.05, 0) is 43.9 Å². The molecular formula is C17H22N4O3S3. The maximum Gasteiger partial charge on any atom is 0.257 e. The zero-order valence-corrected chi connectivity index (χ0v) is 17.7. The summed E-state index contributed by atoms with van der Waals surface area (Å²) in [6, 6.07) is 5.11. The molecule has 1 fully saturated rings. The summed E-state index contributed by atoms with van der Waals surface area (Å²) in [7, 11) is -3.33. The molecule has 0 spiro atoms. The van der Waals surface area contributed by atoms with Gasteiger partial charge in [0.05, 0.1) is 11.4 Å². The lowest BCUT2D eigenvalue weighted by molar-refractivity contribution is 0.102. The van der Waals surface area contributed by atoms with Crippen molar-refractivity contribution in [2.75, 3.05) is 27.7 Å². The Morgan fingerprint density at radius 1 is 1.33 bits per heavy atom. The van der Waals surface area contributed by atoms with Crippen LogP contribution in [-0.2, 0) is 10.0 Å². The second kappa shape index (κ2) is 8.57. The van der Waals surface area contributed by atoms with E-state index in [0.29, 0.717) is 29.3 Å². The van der Waals surface area contributed by atoms with Crippen molar-refractivity contribution in [1.29, 1.82) is 0 Å². The van der Waals surface area contributed by atoms with Crippen molar-refractivity contribution in [2.24, 2.45) is 0 Å². The lowest BCUT2D eigenvalue weighted by Crippen LogP contribution is -2.38. The molecule has 10 heteroatoms. The third kappa shape index (κ3) is 4.80. The number of carbonyl (C=O) groups excluding carboxylic acids is 1. The van der Waals surface area contributed by atoms with E-state index in [1.807, 2.05) is 6.92 Å². The number of carbonyl (C=O) groups is 1. The van der Waals surface area contributed by atoms with E-state index in [2.05, 4.69) is 22.4 Å². The molecule has 7 nitrogen and oxygen atoms in total. The van der Waals surface area contributed by atoms with E-state index >= 15 is 0 Å². The van der Waals surface area contributed by atoms with Crippen LogP contribution in [0.15, 0.2) is 22.5 Å². The van der Waals surface area contributed by atoms with E-state index < -0.39 is 10.0 Å². The van der Waals surface area contributed by atoms with Crippen LogP contribution in [0.25, 0.3) is 0 Å². The number of aryl methyl sites for hydroxylation is 1. The Morgan fingerprint density at radius 2 is 2.15 bits per heavy atom. The number of nitrogens with one attached hydrogen (secondary N) is 1. The molecule has 146 valence electrons. The Kier molecular flexibility index (Phi) is 6.38. The molecule has 0 bridgehead atoms. The lowest BCUT2D eigenvalue weighted by Gasteiger charge is -2.29. The lowest BCUT2D eigenvalue weighted by atomic mass is 10.1. The first-order chi connectivity index (χ1) is 12.9. The summed E-state index contributed by atoms with van der Waals surface area (Å²) >= 11 is 2.94. The molecule has 1 amide bonds. The maximum atomic E-state index is 12.6. The van der Waals surface area contributed by atoms with Crippen molar-refractivity contribution in [2.45, 2.75) is 37.4 Å². The molecule has 0 atom stereocenters. The van der Waals surface area contributed by atoms with Gasteiger partial charge in [-0.15, -0.1) is 10.2 Å². The zero-order chi connectivity index (χ0) is 19.4. The van der Waals surface area contributed by atoms with Crippen LogP contribution >= 0.6 is 23.1 Å². The fourth-order valence-electron chi connectivity index (χ4n) is 2.76. The molecule has 1 aromatic carbocycles. The number of amides is 1. The Morgan fingerprint density at radius 3 is 2.89 bits per heavy atom. The first kappa shape index (κ1) is 20.1. The van der Waals surface area contributed by atoms with Crippen molar-refractivity contribution >= 4 is 49.8 Å². The van der Waals surface area contributed by atoms with Gasteiger partial charge in [0, 0.05) is 17.9 Å². The monoisotopic (exact) mass is 426 g/mol. The SMILES string of the molecule is CCCSc1nnc(NC(=O)c2ccc(C)c(N3CCCCS3(=O)=O)c2)s1. The molecule has 1 aliphatic rings. The third-order valence-corrected chi connectivity index (χ3v) is 8.18. The van der Waals surface area contributed by atoms with Gasteiger partial charge < -0.3 is 0 Å². The van der Waals surface area contributed by atoms with E-state index in [9.17, 15) is 13.2 Å². The number of hydrogen-bond acceptors (Lipinski definition) is 7. The summed E-state index contributed by atoms with van der Waals surface area (Å²) in [5, 5.41) is 11.2. The van der Waals surface area contributed by atoms with Gasteiger partial charge in [-0.2, -0.15) is 0 Å². The van der Waals surface area contributed by atoms with Crippen LogP contribution < -0.4 is 9.62 Å². The highest BCUT2D eigenvalue weighted by molar-refractivity contribution is 8.01. The molecule has 27 heavy (non-hydrogen) atoms. The topological polar surface area (TPSA) is 92.3 Å². The molecule has 1 N–H and O–H groups in total. The number of benzene rings is 1. The van der Waals surface area contributed by atoms with Gasteiger partial charge in [0.15, 0.2) is 4.34 Å². The second-order valence-corrected chi connectivity index (χ2v) is 10.6. The fourth-order valence-corrected chi connectivity index (χ4v) is 6.12. The largest absolute Gasteiger partial charge is 0.296 e. The average molecular weight is 427 g/mol. The smallest absolute Gasteiger partial charge is 0.257 e. The molecule has 2 aromatic rings. The molecule has 3 rings (SSSR count). The van der Waals surface area contributed by atoms with Crippen LogP contribution in [0.4, 0.5) is 10.8 Å². The molecule has 1 aliphatic heterocycles. The van der Waals surface area contributed by atoms with Crippen LogP contribution in [-0.4, -0.2) is 42.6 Å². The standard InChI is InChI=1S/C17H22N4O3S3/c1-3-9-25-17-20-19-16(26-17)18-15(22)13-7-6-12(2)14(11-13)21-8-4-5-10-27(21,23)24/h6-7,11H,3-5,8-10H2,1-2H3,(H,18,19,22). The summed E-state index contributed by atoms with van der Waals surface area (Å²) in [6.45, 7) is 4.39. The second-order valence-electron chi connectivity index (χ2n) is 6.27. The summed E-state index contributed by atoms with van der Waals surface area (Å²) in [5.41, 5.74) is 1.79. The van der Waals surface area contributed by atoms with E-state index in [-0.39, 0.29) is 11.7 Å². The molecule has 0 unspecified atom stereocenters. The molecule has 0 radical (unpaired) electrons. The van der Waals surface area contributed by atoms with Crippen molar-refractivity contribution in [1.82, 2.24) is 10.2 Å². The summed E-state index contributed by atoms with van der Waals surface area (Å²) in [4.78, 5) is 12.6. The van der Waals surface area contributed by atoms with Crippen LogP contribution in [0.1, 0.15) is 42.1 Å². The predicted octanol–water partition coefficient (Wildman–Crippen LogP) is 3.53. The van der Waals surface area contributed by atoms with Gasteiger partial charge >= 0.3 is 0 Å². The highest BCUT2D eigenvalue weighted by Gasteiger charge is 2.27. The number of aromatic nitrogens is 2. The Labute approximate surface area is 167 Å².